The fraction of sp³-hybridized carbons (Fsp3) is 0.562. The van der Waals surface area contributed by atoms with Gasteiger partial charge in [0.05, 0.1) is 6.20 Å². The Balaban J connectivity index is 1.82. The van der Waals surface area contributed by atoms with Crippen LogP contribution in [-0.2, 0) is 10.0 Å². The molecule has 3 heterocycles. The molecule has 1 aliphatic heterocycles. The molecule has 1 atom stereocenters. The maximum absolute atomic E-state index is 13.1. The molecule has 8 heteroatoms. The van der Waals surface area contributed by atoms with Gasteiger partial charge in [-0.1, -0.05) is 11.6 Å². The molecule has 0 spiro atoms. The van der Waals surface area contributed by atoms with Gasteiger partial charge in [-0.3, -0.25) is 0 Å². The average molecular weight is 370 g/mol. The van der Waals surface area contributed by atoms with Crippen molar-refractivity contribution in [2.45, 2.75) is 35.9 Å². The van der Waals surface area contributed by atoms with Crippen molar-refractivity contribution in [2.75, 3.05) is 27.2 Å². The Labute approximate surface area is 147 Å². The zero-order valence-corrected chi connectivity index (χ0v) is 15.6. The smallest absolute Gasteiger partial charge is 0.252 e. The molecule has 2 aromatic rings. The van der Waals surface area contributed by atoms with Gasteiger partial charge in [-0.05, 0) is 46.0 Å². The third kappa shape index (κ3) is 3.72. The lowest BCUT2D eigenvalue weighted by Crippen LogP contribution is -2.44. The van der Waals surface area contributed by atoms with Crippen molar-refractivity contribution in [3.63, 3.8) is 0 Å². The molecule has 24 heavy (non-hydrogen) atoms. The SMILES string of the molecule is CN(C)CCC1CCCCN1S(=O)(=O)c1cc(-c2ccno2)cs1. The van der Waals surface area contributed by atoms with Crippen molar-refractivity contribution >= 4 is 21.4 Å². The lowest BCUT2D eigenvalue weighted by Gasteiger charge is -2.34. The summed E-state index contributed by atoms with van der Waals surface area (Å²) in [4.78, 5) is 2.10. The monoisotopic (exact) mass is 369 g/mol. The number of piperidine rings is 1. The Kier molecular flexibility index (Phi) is 5.39. The molecule has 1 unspecified atom stereocenters. The second kappa shape index (κ2) is 7.35. The lowest BCUT2D eigenvalue weighted by molar-refractivity contribution is 0.223. The van der Waals surface area contributed by atoms with Crippen molar-refractivity contribution in [1.82, 2.24) is 14.4 Å². The van der Waals surface area contributed by atoms with Gasteiger partial charge < -0.3 is 9.42 Å². The van der Waals surface area contributed by atoms with Crippen molar-refractivity contribution < 1.29 is 12.9 Å². The number of rotatable bonds is 6. The van der Waals surface area contributed by atoms with Crippen molar-refractivity contribution in [2.24, 2.45) is 0 Å². The van der Waals surface area contributed by atoms with Crippen LogP contribution in [-0.4, -0.2) is 56.0 Å². The highest BCUT2D eigenvalue weighted by atomic mass is 32.2. The minimum Gasteiger partial charge on any atom is -0.356 e. The normalized spacial score (nSPS) is 19.9. The Morgan fingerprint density at radius 2 is 2.25 bits per heavy atom. The predicted octanol–water partition coefficient (Wildman–Crippen LogP) is 2.90. The number of thiophene rings is 1. The van der Waals surface area contributed by atoms with E-state index in [1.807, 2.05) is 19.5 Å². The van der Waals surface area contributed by atoms with E-state index >= 15 is 0 Å². The predicted molar refractivity (Wildman–Crippen MR) is 94.5 cm³/mol. The van der Waals surface area contributed by atoms with Gasteiger partial charge in [0.1, 0.15) is 4.21 Å². The highest BCUT2D eigenvalue weighted by Crippen LogP contribution is 2.33. The zero-order chi connectivity index (χ0) is 17.2. The van der Waals surface area contributed by atoms with Crippen molar-refractivity contribution in [3.05, 3.63) is 23.7 Å². The van der Waals surface area contributed by atoms with Crippen molar-refractivity contribution in [1.29, 1.82) is 0 Å². The number of sulfonamides is 1. The van der Waals surface area contributed by atoms with E-state index in [2.05, 4.69) is 10.1 Å². The number of hydrogen-bond acceptors (Lipinski definition) is 6. The summed E-state index contributed by atoms with van der Waals surface area (Å²) < 4.78 is 33.4. The molecule has 0 radical (unpaired) electrons. The summed E-state index contributed by atoms with van der Waals surface area (Å²) >= 11 is 1.25. The summed E-state index contributed by atoms with van der Waals surface area (Å²) in [6, 6.07) is 3.51. The van der Waals surface area contributed by atoms with Crippen molar-refractivity contribution in [3.8, 4) is 11.3 Å². The topological polar surface area (TPSA) is 66.7 Å². The van der Waals surface area contributed by atoms with Gasteiger partial charge in [0, 0.05) is 29.6 Å². The third-order valence-corrected chi connectivity index (χ3v) is 7.71. The van der Waals surface area contributed by atoms with Gasteiger partial charge in [0.2, 0.25) is 0 Å². The van der Waals surface area contributed by atoms with Crippen LogP contribution >= 0.6 is 11.3 Å². The number of nitrogens with zero attached hydrogens (tertiary/aromatic N) is 3. The zero-order valence-electron chi connectivity index (χ0n) is 14.0. The van der Waals surface area contributed by atoms with E-state index in [1.165, 1.54) is 11.3 Å². The molecule has 0 aliphatic carbocycles. The second-order valence-corrected chi connectivity index (χ2v) is 9.42. The van der Waals surface area contributed by atoms with Crippen LogP contribution in [0.2, 0.25) is 0 Å². The molecule has 0 saturated carbocycles. The Morgan fingerprint density at radius 3 is 2.96 bits per heavy atom. The highest BCUT2D eigenvalue weighted by Gasteiger charge is 2.34. The molecule has 0 amide bonds. The summed E-state index contributed by atoms with van der Waals surface area (Å²) in [5.74, 6) is 0.593. The first-order chi connectivity index (χ1) is 11.5. The summed E-state index contributed by atoms with van der Waals surface area (Å²) in [6.07, 6.45) is 5.39. The first kappa shape index (κ1) is 17.6. The fourth-order valence-electron chi connectivity index (χ4n) is 3.05. The van der Waals surface area contributed by atoms with Crippen LogP contribution < -0.4 is 0 Å². The van der Waals surface area contributed by atoms with Crippen LogP contribution in [0.25, 0.3) is 11.3 Å². The molecule has 1 saturated heterocycles. The largest absolute Gasteiger partial charge is 0.356 e. The molecule has 1 fully saturated rings. The minimum absolute atomic E-state index is 0.0852. The standard InChI is InChI=1S/C16H23N3O3S2/c1-18(2)10-7-14-5-3-4-9-19(14)24(20,21)16-11-13(12-23-16)15-6-8-17-22-15/h6,8,11-12,14H,3-5,7,9-10H2,1-2H3. The quantitative estimate of drug-likeness (QED) is 0.783. The van der Waals surface area contributed by atoms with E-state index in [0.717, 1.165) is 37.8 Å². The first-order valence-corrected chi connectivity index (χ1v) is 10.5. The van der Waals surface area contributed by atoms with Gasteiger partial charge in [0.15, 0.2) is 5.76 Å². The van der Waals surface area contributed by atoms with E-state index in [9.17, 15) is 8.42 Å². The van der Waals surface area contributed by atoms with E-state index in [1.54, 1.807) is 22.6 Å². The molecule has 0 N–H and O–H groups in total. The molecular weight excluding hydrogens is 346 g/mol. The van der Waals surface area contributed by atoms with Gasteiger partial charge >= 0.3 is 0 Å². The summed E-state index contributed by atoms with van der Waals surface area (Å²) in [7, 11) is 0.579. The van der Waals surface area contributed by atoms with Gasteiger partial charge in [-0.2, -0.15) is 4.31 Å². The summed E-state index contributed by atoms with van der Waals surface area (Å²) in [6.45, 7) is 1.50. The van der Waals surface area contributed by atoms with Gasteiger partial charge in [-0.25, -0.2) is 8.42 Å². The van der Waals surface area contributed by atoms with Crippen LogP contribution in [0, 0.1) is 0 Å². The molecule has 0 aromatic carbocycles. The minimum atomic E-state index is -3.46. The van der Waals surface area contributed by atoms with Gasteiger partial charge in [-0.15, -0.1) is 11.3 Å². The lowest BCUT2D eigenvalue weighted by atomic mass is 10.0. The van der Waals surface area contributed by atoms with Gasteiger partial charge in [0.25, 0.3) is 10.0 Å². The molecule has 2 aromatic heterocycles. The number of aromatic nitrogens is 1. The van der Waals surface area contributed by atoms with Crippen LogP contribution in [0.1, 0.15) is 25.7 Å². The molecule has 132 valence electrons. The molecule has 6 nitrogen and oxygen atoms in total. The summed E-state index contributed by atoms with van der Waals surface area (Å²) in [5, 5.41) is 5.49. The third-order valence-electron chi connectivity index (χ3n) is 4.34. The molecule has 3 rings (SSSR count). The maximum Gasteiger partial charge on any atom is 0.252 e. The van der Waals surface area contributed by atoms with E-state index in [4.69, 9.17) is 4.52 Å². The maximum atomic E-state index is 13.1. The van der Waals surface area contributed by atoms with Crippen LogP contribution in [0.15, 0.2) is 32.4 Å². The Bertz CT molecular complexity index is 753. The average Bonchev–Trinajstić information content (AvgIpc) is 3.24. The van der Waals surface area contributed by atoms with E-state index in [-0.39, 0.29) is 6.04 Å². The Hall–Kier alpha value is -1.22. The van der Waals surface area contributed by atoms with Crippen LogP contribution in [0.5, 0.6) is 0 Å². The molecular formula is C16H23N3O3S2. The van der Waals surface area contributed by atoms with E-state index < -0.39 is 10.0 Å². The summed E-state index contributed by atoms with van der Waals surface area (Å²) in [5.41, 5.74) is 0.762. The Morgan fingerprint density at radius 1 is 1.42 bits per heavy atom. The second-order valence-electron chi connectivity index (χ2n) is 6.39. The fourth-order valence-corrected chi connectivity index (χ4v) is 6.07. The van der Waals surface area contributed by atoms with E-state index in [0.29, 0.717) is 16.5 Å². The molecule has 0 bridgehead atoms. The number of hydrogen-bond donors (Lipinski definition) is 0. The highest BCUT2D eigenvalue weighted by molar-refractivity contribution is 7.91. The first-order valence-electron chi connectivity index (χ1n) is 8.14. The van der Waals surface area contributed by atoms with Crippen LogP contribution in [0.3, 0.4) is 0 Å². The van der Waals surface area contributed by atoms with Crippen LogP contribution in [0.4, 0.5) is 0 Å². The molecule has 1 aliphatic rings.